The number of phenolic OH excluding ortho intramolecular Hbond substituents is 1. The van der Waals surface area contributed by atoms with Crippen LogP contribution in [0.1, 0.15) is 42.3 Å². The predicted molar refractivity (Wildman–Crippen MR) is 156 cm³/mol. The maximum Gasteiger partial charge on any atom is 0.163 e. The molecule has 1 atom stereocenters. The molecule has 0 saturated carbocycles. The van der Waals surface area contributed by atoms with Crippen molar-refractivity contribution < 1.29 is 9.50 Å². The second-order valence-corrected chi connectivity index (χ2v) is 9.84. The summed E-state index contributed by atoms with van der Waals surface area (Å²) in [5, 5.41) is 13.5. The van der Waals surface area contributed by atoms with Crippen LogP contribution in [0, 0.1) is 5.92 Å². The van der Waals surface area contributed by atoms with Gasteiger partial charge in [-0.1, -0.05) is 37.4 Å². The predicted octanol–water partition coefficient (Wildman–Crippen LogP) is 5.92. The molecular weight excluding hydrogens is 477 g/mol. The van der Waals surface area contributed by atoms with Crippen LogP contribution < -0.4 is 5.32 Å². The van der Waals surface area contributed by atoms with Crippen molar-refractivity contribution in [3.63, 3.8) is 0 Å². The van der Waals surface area contributed by atoms with E-state index in [0.717, 1.165) is 38.2 Å². The molecule has 1 unspecified atom stereocenters. The van der Waals surface area contributed by atoms with E-state index >= 15 is 0 Å². The third-order valence-corrected chi connectivity index (χ3v) is 7.26. The van der Waals surface area contributed by atoms with Gasteiger partial charge in [-0.05, 0) is 68.1 Å². The van der Waals surface area contributed by atoms with Crippen molar-refractivity contribution in [1.82, 2.24) is 19.7 Å². The third-order valence-electron chi connectivity index (χ3n) is 7.26. The maximum atomic E-state index is 14.7. The fraction of sp³-hybridized carbons (Fsp3) is 0.323. The van der Waals surface area contributed by atoms with Gasteiger partial charge in [-0.25, -0.2) is 4.39 Å². The summed E-state index contributed by atoms with van der Waals surface area (Å²) in [6, 6.07) is 9.25. The van der Waals surface area contributed by atoms with Crippen molar-refractivity contribution in [2.45, 2.75) is 26.3 Å². The first kappa shape index (κ1) is 27.2. The molecule has 2 aliphatic rings. The van der Waals surface area contributed by atoms with Gasteiger partial charge in [-0.15, -0.1) is 0 Å². The molecule has 2 N–H and O–H groups in total. The van der Waals surface area contributed by atoms with Gasteiger partial charge in [0.15, 0.2) is 5.83 Å². The van der Waals surface area contributed by atoms with Crippen LogP contribution >= 0.6 is 0 Å². The molecule has 2 aromatic rings. The van der Waals surface area contributed by atoms with Gasteiger partial charge < -0.3 is 19.9 Å². The molecule has 0 radical (unpaired) electrons. The molecule has 4 rings (SSSR count). The molecule has 0 spiro atoms. The number of amidine groups is 1. The first-order valence-electron chi connectivity index (χ1n) is 13.1. The molecule has 0 amide bonds. The smallest absolute Gasteiger partial charge is 0.163 e. The molecule has 7 heteroatoms. The molecule has 1 fully saturated rings. The molecule has 2 aliphatic heterocycles. The van der Waals surface area contributed by atoms with E-state index in [4.69, 9.17) is 4.99 Å². The largest absolute Gasteiger partial charge is 0.507 e. The Labute approximate surface area is 225 Å². The summed E-state index contributed by atoms with van der Waals surface area (Å²) in [6.07, 6.45) is 11.3. The number of nitrogens with one attached hydrogen (secondary N) is 1. The molecule has 0 aliphatic carbocycles. The zero-order valence-corrected chi connectivity index (χ0v) is 22.6. The van der Waals surface area contributed by atoms with Crippen LogP contribution in [0.2, 0.25) is 0 Å². The van der Waals surface area contributed by atoms with Crippen molar-refractivity contribution >= 4 is 23.7 Å². The number of para-hydroxylation sites is 1. The highest BCUT2D eigenvalue weighted by Crippen LogP contribution is 2.29. The molecule has 0 bridgehead atoms. The Balaban J connectivity index is 1.53. The van der Waals surface area contributed by atoms with Gasteiger partial charge in [0.1, 0.15) is 17.4 Å². The Kier molecular flexibility index (Phi) is 8.69. The first-order valence-corrected chi connectivity index (χ1v) is 13.1. The zero-order valence-electron chi connectivity index (χ0n) is 22.6. The highest BCUT2D eigenvalue weighted by atomic mass is 19.1. The molecule has 200 valence electrons. The van der Waals surface area contributed by atoms with E-state index in [1.807, 2.05) is 25.1 Å². The Hall–Kier alpha value is -3.84. The summed E-state index contributed by atoms with van der Waals surface area (Å²) in [6.45, 7) is 13.1. The monoisotopic (exact) mass is 515 g/mol. The number of halogens is 1. The number of aromatic hydroxyl groups is 1. The van der Waals surface area contributed by atoms with Gasteiger partial charge in [0, 0.05) is 56.8 Å². The van der Waals surface area contributed by atoms with Gasteiger partial charge in [-0.2, -0.15) is 0 Å². The number of likely N-dealkylation sites (N-methyl/N-ethyl adjacent to an activating group) is 1. The maximum absolute atomic E-state index is 14.7. The van der Waals surface area contributed by atoms with Crippen LogP contribution in [0.3, 0.4) is 0 Å². The van der Waals surface area contributed by atoms with E-state index < -0.39 is 5.83 Å². The second-order valence-electron chi connectivity index (χ2n) is 9.84. The number of rotatable bonds is 8. The van der Waals surface area contributed by atoms with Crippen molar-refractivity contribution in [3.8, 4) is 5.75 Å². The Morgan fingerprint density at radius 2 is 2.05 bits per heavy atom. The molecule has 3 heterocycles. The van der Waals surface area contributed by atoms with Gasteiger partial charge in [0.05, 0.1) is 5.70 Å². The minimum Gasteiger partial charge on any atom is -0.507 e. The van der Waals surface area contributed by atoms with Crippen LogP contribution in [0.25, 0.3) is 17.8 Å². The quantitative estimate of drug-likeness (QED) is 0.458. The van der Waals surface area contributed by atoms with E-state index in [9.17, 15) is 9.50 Å². The fourth-order valence-corrected chi connectivity index (χ4v) is 5.22. The minimum absolute atomic E-state index is 0.120. The highest BCUT2D eigenvalue weighted by molar-refractivity contribution is 6.02. The number of allylic oxidation sites excluding steroid dienone is 3. The topological polar surface area (TPSA) is 56.0 Å². The van der Waals surface area contributed by atoms with Crippen molar-refractivity contribution in [2.75, 3.05) is 26.7 Å². The zero-order chi connectivity index (χ0) is 27.2. The first-order chi connectivity index (χ1) is 18.4. The van der Waals surface area contributed by atoms with Gasteiger partial charge in [0.25, 0.3) is 0 Å². The van der Waals surface area contributed by atoms with E-state index in [-0.39, 0.29) is 11.6 Å². The summed E-state index contributed by atoms with van der Waals surface area (Å²) in [5.74, 6) is 0.925. The molecular formula is C31H38FN5O. The standard InChI is InChI=1S/C31H38FN5O/c1-6-12-23-17-24(35(4)28(23)8-3)21-37-16-11-13-22(20-37)19-33-30-18-27(25-14-9-10-15-29(25)38)34-31(36(30)5)26(32)7-2/h6-10,12,14-15,17-18,22,34,38H,2-3,11,13,16,19-21H2,1,4-5H3/b12-6-,31-26+,33-30?. The summed E-state index contributed by atoms with van der Waals surface area (Å²) in [7, 11) is 3.88. The van der Waals surface area contributed by atoms with Crippen LogP contribution in [0.5, 0.6) is 5.75 Å². The summed E-state index contributed by atoms with van der Waals surface area (Å²) in [4.78, 5) is 9.12. The van der Waals surface area contributed by atoms with Gasteiger partial charge in [-0.3, -0.25) is 9.89 Å². The summed E-state index contributed by atoms with van der Waals surface area (Å²) >= 11 is 0. The summed E-state index contributed by atoms with van der Waals surface area (Å²) in [5.41, 5.74) is 4.77. The average Bonchev–Trinajstić information content (AvgIpc) is 3.21. The van der Waals surface area contributed by atoms with E-state index in [2.05, 4.69) is 53.2 Å². The van der Waals surface area contributed by atoms with Crippen LogP contribution in [0.4, 0.5) is 4.39 Å². The third kappa shape index (κ3) is 5.83. The molecule has 1 saturated heterocycles. The van der Waals surface area contributed by atoms with Crippen molar-refractivity contribution in [3.05, 3.63) is 95.9 Å². The van der Waals surface area contributed by atoms with Crippen LogP contribution in [-0.2, 0) is 13.6 Å². The number of nitrogens with zero attached hydrogens (tertiary/aromatic N) is 4. The lowest BCUT2D eigenvalue weighted by Gasteiger charge is -2.33. The fourth-order valence-electron chi connectivity index (χ4n) is 5.22. The van der Waals surface area contributed by atoms with Crippen LogP contribution in [0.15, 0.2) is 78.4 Å². The van der Waals surface area contributed by atoms with Gasteiger partial charge >= 0.3 is 0 Å². The normalized spacial score (nSPS) is 20.9. The van der Waals surface area contributed by atoms with Gasteiger partial charge in [0.2, 0.25) is 0 Å². The van der Waals surface area contributed by atoms with E-state index in [0.29, 0.717) is 29.6 Å². The highest BCUT2D eigenvalue weighted by Gasteiger charge is 2.25. The number of phenols is 1. The number of aliphatic imine (C=N–C) groups is 1. The average molecular weight is 516 g/mol. The molecule has 1 aromatic carbocycles. The number of hydrogen-bond acceptors (Lipinski definition) is 4. The second kappa shape index (κ2) is 12.1. The number of benzene rings is 1. The lowest BCUT2D eigenvalue weighted by molar-refractivity contribution is 0.168. The lowest BCUT2D eigenvalue weighted by atomic mass is 9.98. The number of hydrogen-bond donors (Lipinski definition) is 2. The Morgan fingerprint density at radius 3 is 2.76 bits per heavy atom. The van der Waals surface area contributed by atoms with E-state index in [1.54, 1.807) is 30.1 Å². The van der Waals surface area contributed by atoms with Crippen molar-refractivity contribution in [2.24, 2.45) is 18.0 Å². The number of aromatic nitrogens is 1. The SMILES string of the molecule is C=C/C(F)=C1/NC(c2ccccc2O)=CC(=NCC2CCCN(Cc3cc(/C=C\C)c(C=C)n3C)C2)N1C. The Morgan fingerprint density at radius 1 is 1.26 bits per heavy atom. The minimum atomic E-state index is -0.483. The number of likely N-dealkylation sites (tertiary alicyclic amines) is 1. The lowest BCUT2D eigenvalue weighted by Crippen LogP contribution is -2.39. The summed E-state index contributed by atoms with van der Waals surface area (Å²) < 4.78 is 16.9. The van der Waals surface area contributed by atoms with Crippen molar-refractivity contribution in [1.29, 1.82) is 0 Å². The molecule has 6 nitrogen and oxygen atoms in total. The molecule has 1 aromatic heterocycles. The molecule has 38 heavy (non-hydrogen) atoms. The van der Waals surface area contributed by atoms with E-state index in [1.165, 1.54) is 17.3 Å². The Bertz CT molecular complexity index is 1320. The van der Waals surface area contributed by atoms with Crippen LogP contribution in [-0.4, -0.2) is 52.0 Å². The number of piperidine rings is 1.